The molecule has 0 spiro atoms. The van der Waals surface area contributed by atoms with E-state index < -0.39 is 25.1 Å². The van der Waals surface area contributed by atoms with Crippen molar-refractivity contribution in [3.8, 4) is 5.75 Å². The number of esters is 1. The van der Waals surface area contributed by atoms with Crippen LogP contribution in [0.2, 0.25) is 0 Å². The van der Waals surface area contributed by atoms with E-state index >= 15 is 0 Å². The lowest BCUT2D eigenvalue weighted by molar-refractivity contribution is -0.142. The second kappa shape index (κ2) is 7.93. The Balaban J connectivity index is 3.01. The molecule has 9 heteroatoms. The maximum absolute atomic E-state index is 12.4. The lowest BCUT2D eigenvalue weighted by Gasteiger charge is -2.21. The van der Waals surface area contributed by atoms with Crippen molar-refractivity contribution < 1.29 is 32.7 Å². The predicted molar refractivity (Wildman–Crippen MR) is 79.1 cm³/mol. The van der Waals surface area contributed by atoms with Gasteiger partial charge in [-0.05, 0) is 24.3 Å². The van der Waals surface area contributed by atoms with Crippen molar-refractivity contribution in [2.75, 3.05) is 33.8 Å². The van der Waals surface area contributed by atoms with Crippen molar-refractivity contribution in [3.05, 3.63) is 24.3 Å². The molecule has 8 nitrogen and oxygen atoms in total. The van der Waals surface area contributed by atoms with Crippen LogP contribution >= 0.6 is 7.60 Å². The summed E-state index contributed by atoms with van der Waals surface area (Å²) >= 11 is 0. The third kappa shape index (κ3) is 4.07. The number of hydrogen-bond acceptors (Lipinski definition) is 7. The molecule has 0 radical (unpaired) electrons. The highest BCUT2D eigenvalue weighted by atomic mass is 31.2. The Kier molecular flexibility index (Phi) is 6.55. The van der Waals surface area contributed by atoms with Gasteiger partial charge in [0.25, 0.3) is 5.91 Å². The summed E-state index contributed by atoms with van der Waals surface area (Å²) in [5.41, 5.74) is -1.34. The predicted octanol–water partition coefficient (Wildman–Crippen LogP) is 1.66. The molecule has 0 aromatic heterocycles. The quantitative estimate of drug-likeness (QED) is 0.461. The number of methoxy groups -OCH3 is 2. The Bertz CT molecular complexity index is 564. The first-order valence-electron chi connectivity index (χ1n) is 6.15. The van der Waals surface area contributed by atoms with E-state index in [-0.39, 0.29) is 0 Å². The van der Waals surface area contributed by atoms with Crippen LogP contribution in [0.15, 0.2) is 24.3 Å². The fourth-order valence-electron chi connectivity index (χ4n) is 1.66. The normalized spacial score (nSPS) is 12.4. The Hall–Kier alpha value is -1.89. The lowest BCUT2D eigenvalue weighted by atomic mass is 10.3. The summed E-state index contributed by atoms with van der Waals surface area (Å²) in [6.45, 7) is 0. The van der Waals surface area contributed by atoms with E-state index in [1.165, 1.54) is 7.11 Å². The molecule has 22 heavy (non-hydrogen) atoms. The minimum atomic E-state index is -3.98. The third-order valence-corrected chi connectivity index (χ3v) is 4.95. The summed E-state index contributed by atoms with van der Waals surface area (Å²) in [5, 5.41) is 2.46. The number of amides is 1. The Morgan fingerprint density at radius 3 is 2.00 bits per heavy atom. The van der Waals surface area contributed by atoms with Crippen LogP contribution in [0.25, 0.3) is 0 Å². The Morgan fingerprint density at radius 1 is 1.05 bits per heavy atom. The van der Waals surface area contributed by atoms with Gasteiger partial charge in [0.1, 0.15) is 5.75 Å². The van der Waals surface area contributed by atoms with Gasteiger partial charge in [-0.1, -0.05) is 0 Å². The van der Waals surface area contributed by atoms with Crippen molar-refractivity contribution in [3.63, 3.8) is 0 Å². The van der Waals surface area contributed by atoms with Crippen molar-refractivity contribution in [2.24, 2.45) is 0 Å². The molecule has 1 rings (SSSR count). The zero-order valence-electron chi connectivity index (χ0n) is 12.7. The molecule has 0 aliphatic rings. The van der Waals surface area contributed by atoms with Gasteiger partial charge < -0.3 is 23.8 Å². The molecular weight excluding hydrogens is 313 g/mol. The molecule has 1 aromatic rings. The monoisotopic (exact) mass is 331 g/mol. The topological polar surface area (TPSA) is 100 Å². The van der Waals surface area contributed by atoms with Crippen molar-refractivity contribution in [2.45, 2.75) is 5.66 Å². The third-order valence-electron chi connectivity index (χ3n) is 2.86. The maximum atomic E-state index is 12.4. The van der Waals surface area contributed by atoms with Crippen LogP contribution in [0.5, 0.6) is 5.75 Å². The molecule has 0 aliphatic heterocycles. The van der Waals surface area contributed by atoms with E-state index in [1.54, 1.807) is 24.3 Å². The highest BCUT2D eigenvalue weighted by Gasteiger charge is 2.46. The summed E-state index contributed by atoms with van der Waals surface area (Å²) in [4.78, 5) is 24.0. The van der Waals surface area contributed by atoms with Gasteiger partial charge in [0.05, 0.1) is 14.2 Å². The van der Waals surface area contributed by atoms with E-state index in [1.807, 2.05) is 0 Å². The molecule has 0 saturated heterocycles. The number of hydrogen-bond donors (Lipinski definition) is 1. The van der Waals surface area contributed by atoms with E-state index in [9.17, 15) is 14.2 Å². The van der Waals surface area contributed by atoms with Crippen LogP contribution in [-0.4, -0.2) is 46.0 Å². The fourth-order valence-corrected chi connectivity index (χ4v) is 2.95. The lowest BCUT2D eigenvalue weighted by Crippen LogP contribution is -2.36. The summed E-state index contributed by atoms with van der Waals surface area (Å²) < 4.78 is 31.3. The molecule has 1 amide bonds. The zero-order valence-corrected chi connectivity index (χ0v) is 13.6. The number of rotatable bonds is 7. The first-order chi connectivity index (χ1) is 10.4. The molecule has 1 unspecified atom stereocenters. The number of carbonyl (C=O) groups excluding carboxylic acids is 2. The van der Waals surface area contributed by atoms with Crippen LogP contribution in [0.1, 0.15) is 0 Å². The van der Waals surface area contributed by atoms with Crippen molar-refractivity contribution in [1.29, 1.82) is 0 Å². The van der Waals surface area contributed by atoms with Gasteiger partial charge in [-0.3, -0.25) is 14.2 Å². The van der Waals surface area contributed by atoms with E-state index in [0.717, 1.165) is 21.3 Å². The molecule has 122 valence electrons. The van der Waals surface area contributed by atoms with Gasteiger partial charge in [-0.2, -0.15) is 0 Å². The van der Waals surface area contributed by atoms with Crippen LogP contribution in [-0.2, 0) is 27.9 Å². The van der Waals surface area contributed by atoms with Crippen LogP contribution in [0.3, 0.4) is 0 Å². The molecule has 0 aliphatic carbocycles. The van der Waals surface area contributed by atoms with E-state index in [0.29, 0.717) is 11.4 Å². The minimum absolute atomic E-state index is 0.387. The standard InChI is InChI=1S/C13H18NO7P/c1-18-10-7-5-9(6-8-10)14-12(15)11(13(16)19-2)22(17,20-3)21-4/h5-8,11H,1-4H3,(H,14,15). The average Bonchev–Trinajstić information content (AvgIpc) is 2.55. The smallest absolute Gasteiger partial charge is 0.353 e. The second-order valence-corrected chi connectivity index (χ2v) is 6.37. The number of anilines is 1. The minimum Gasteiger partial charge on any atom is -0.497 e. The maximum Gasteiger partial charge on any atom is 0.353 e. The Morgan fingerprint density at radius 2 is 1.59 bits per heavy atom. The van der Waals surface area contributed by atoms with E-state index in [4.69, 9.17) is 13.8 Å². The number of benzene rings is 1. The molecule has 0 heterocycles. The van der Waals surface area contributed by atoms with Gasteiger partial charge in [-0.25, -0.2) is 0 Å². The highest BCUT2D eigenvalue weighted by Crippen LogP contribution is 2.52. The molecule has 1 N–H and O–H groups in total. The van der Waals surface area contributed by atoms with Crippen LogP contribution in [0, 0.1) is 0 Å². The van der Waals surface area contributed by atoms with Gasteiger partial charge in [-0.15, -0.1) is 0 Å². The van der Waals surface area contributed by atoms with E-state index in [2.05, 4.69) is 10.1 Å². The summed E-state index contributed by atoms with van der Waals surface area (Å²) in [5.74, 6) is -1.27. The first kappa shape index (κ1) is 18.2. The van der Waals surface area contributed by atoms with Crippen LogP contribution < -0.4 is 10.1 Å². The fraction of sp³-hybridized carbons (Fsp3) is 0.385. The number of nitrogens with one attached hydrogen (secondary N) is 1. The molecule has 0 bridgehead atoms. The number of carbonyl (C=O) groups is 2. The van der Waals surface area contributed by atoms with Crippen molar-refractivity contribution >= 4 is 25.2 Å². The zero-order chi connectivity index (χ0) is 16.8. The van der Waals surface area contributed by atoms with Gasteiger partial charge in [0, 0.05) is 19.9 Å². The molecule has 1 atom stereocenters. The first-order valence-corrected chi connectivity index (χ1v) is 7.77. The molecular formula is C13H18NO7P. The highest BCUT2D eigenvalue weighted by molar-refractivity contribution is 7.57. The van der Waals surface area contributed by atoms with Gasteiger partial charge in [0.15, 0.2) is 0 Å². The van der Waals surface area contributed by atoms with Crippen LogP contribution in [0.4, 0.5) is 5.69 Å². The molecule has 1 aromatic carbocycles. The average molecular weight is 331 g/mol. The summed E-state index contributed by atoms with van der Waals surface area (Å²) in [6.07, 6.45) is 0. The number of ether oxygens (including phenoxy) is 2. The summed E-state index contributed by atoms with van der Waals surface area (Å²) in [6, 6.07) is 6.37. The second-order valence-electron chi connectivity index (χ2n) is 4.05. The van der Waals surface area contributed by atoms with Gasteiger partial charge >= 0.3 is 13.6 Å². The summed E-state index contributed by atoms with van der Waals surface area (Å²) in [7, 11) is 0.768. The molecule has 0 saturated carbocycles. The molecule has 0 fully saturated rings. The van der Waals surface area contributed by atoms with Crippen molar-refractivity contribution in [1.82, 2.24) is 0 Å². The SMILES string of the molecule is COC(=O)C(C(=O)Nc1ccc(OC)cc1)P(=O)(OC)OC. The largest absolute Gasteiger partial charge is 0.497 e. The Labute approximate surface area is 128 Å². The van der Waals surface area contributed by atoms with Gasteiger partial charge in [0.2, 0.25) is 5.66 Å².